The van der Waals surface area contributed by atoms with E-state index in [9.17, 15) is 18.0 Å². The van der Waals surface area contributed by atoms with Crippen molar-refractivity contribution in [2.45, 2.75) is 63.2 Å². The van der Waals surface area contributed by atoms with Gasteiger partial charge in [0.1, 0.15) is 0 Å². The normalized spacial score (nSPS) is 31.2. The molecule has 3 atom stereocenters. The topological polar surface area (TPSA) is 41.1 Å². The fourth-order valence-corrected chi connectivity index (χ4v) is 3.00. The number of carbonyl (C=O) groups excluding carboxylic acids is 1. The molecule has 2 rings (SSSR count). The second-order valence-electron chi connectivity index (χ2n) is 5.61. The second kappa shape index (κ2) is 7.50. The number of amides is 1. The van der Waals surface area contributed by atoms with Crippen LogP contribution in [0.15, 0.2) is 0 Å². The minimum Gasteiger partial charge on any atom is -0.352 e. The van der Waals surface area contributed by atoms with Gasteiger partial charge in [0.05, 0.1) is 12.0 Å². The van der Waals surface area contributed by atoms with Crippen molar-refractivity contribution in [2.24, 2.45) is 5.92 Å². The largest absolute Gasteiger partial charge is 0.391 e. The Labute approximate surface area is 123 Å². The molecular formula is C13H22ClF3N2O. The Kier molecular flexibility index (Phi) is 6.58. The zero-order chi connectivity index (χ0) is 13.9. The maximum Gasteiger partial charge on any atom is 0.391 e. The monoisotopic (exact) mass is 314 g/mol. The highest BCUT2D eigenvalue weighted by Gasteiger charge is 2.42. The van der Waals surface area contributed by atoms with Crippen LogP contribution in [-0.2, 0) is 4.79 Å². The van der Waals surface area contributed by atoms with Gasteiger partial charge in [-0.15, -0.1) is 12.4 Å². The summed E-state index contributed by atoms with van der Waals surface area (Å²) in [7, 11) is 0. The van der Waals surface area contributed by atoms with Crippen LogP contribution in [0.1, 0.15) is 44.9 Å². The van der Waals surface area contributed by atoms with Crippen LogP contribution in [0.5, 0.6) is 0 Å². The summed E-state index contributed by atoms with van der Waals surface area (Å²) in [6.45, 7) is 0.813. The minimum atomic E-state index is -4.13. The molecule has 1 saturated carbocycles. The maximum absolute atomic E-state index is 12.7. The lowest BCUT2D eigenvalue weighted by atomic mass is 9.85. The van der Waals surface area contributed by atoms with Crippen molar-refractivity contribution in [1.82, 2.24) is 10.6 Å². The van der Waals surface area contributed by atoms with Crippen LogP contribution in [0, 0.1) is 5.92 Å². The Hall–Kier alpha value is -0.490. The molecule has 118 valence electrons. The van der Waals surface area contributed by atoms with Crippen LogP contribution < -0.4 is 10.6 Å². The minimum absolute atomic E-state index is 0. The molecule has 0 radical (unpaired) electrons. The van der Waals surface area contributed by atoms with Crippen molar-refractivity contribution >= 4 is 18.3 Å². The van der Waals surface area contributed by atoms with Gasteiger partial charge in [0.2, 0.25) is 5.91 Å². The number of nitrogens with one attached hydrogen (secondary N) is 2. The Morgan fingerprint density at radius 2 is 1.85 bits per heavy atom. The van der Waals surface area contributed by atoms with Gasteiger partial charge in [-0.3, -0.25) is 4.79 Å². The van der Waals surface area contributed by atoms with Crippen LogP contribution in [0.2, 0.25) is 0 Å². The first-order valence-electron chi connectivity index (χ1n) is 7.07. The van der Waals surface area contributed by atoms with E-state index in [1.54, 1.807) is 0 Å². The molecule has 2 aliphatic rings. The fraction of sp³-hybridized carbons (Fsp3) is 0.923. The number of alkyl halides is 3. The Morgan fingerprint density at radius 1 is 1.10 bits per heavy atom. The molecule has 3 nitrogen and oxygen atoms in total. The first-order valence-corrected chi connectivity index (χ1v) is 7.07. The quantitative estimate of drug-likeness (QED) is 0.823. The number of carbonyl (C=O) groups is 1. The average Bonchev–Trinajstić information content (AvgIpc) is 2.39. The first kappa shape index (κ1) is 17.6. The highest BCUT2D eigenvalue weighted by Crippen LogP contribution is 2.37. The van der Waals surface area contributed by atoms with Crippen LogP contribution in [-0.4, -0.2) is 30.7 Å². The van der Waals surface area contributed by atoms with Crippen molar-refractivity contribution in [3.8, 4) is 0 Å². The smallest absolute Gasteiger partial charge is 0.352 e. The predicted octanol–water partition coefficient (Wildman–Crippen LogP) is 2.79. The van der Waals surface area contributed by atoms with E-state index in [2.05, 4.69) is 10.6 Å². The Morgan fingerprint density at radius 3 is 2.45 bits per heavy atom. The molecule has 0 aromatic rings. The number of halogens is 4. The van der Waals surface area contributed by atoms with E-state index in [1.807, 2.05) is 0 Å². The highest BCUT2D eigenvalue weighted by molar-refractivity contribution is 5.85. The van der Waals surface area contributed by atoms with E-state index in [0.717, 1.165) is 25.8 Å². The van der Waals surface area contributed by atoms with E-state index in [1.165, 1.54) is 0 Å². The number of rotatable bonds is 2. The average molecular weight is 315 g/mol. The third-order valence-corrected chi connectivity index (χ3v) is 4.11. The molecule has 20 heavy (non-hydrogen) atoms. The van der Waals surface area contributed by atoms with Crippen molar-refractivity contribution in [3.63, 3.8) is 0 Å². The number of piperidine rings is 1. The second-order valence-corrected chi connectivity index (χ2v) is 5.61. The molecule has 3 unspecified atom stereocenters. The molecule has 0 aromatic heterocycles. The summed E-state index contributed by atoms with van der Waals surface area (Å²) in [5.74, 6) is -1.39. The summed E-state index contributed by atoms with van der Waals surface area (Å²) in [6.07, 6.45) is 0.121. The SMILES string of the molecule is Cl.O=C(NC1CCCC(C(F)(F)F)C1)C1CCCCN1. The molecule has 0 bridgehead atoms. The Balaban J connectivity index is 0.00000200. The first-order chi connectivity index (χ1) is 8.97. The number of hydrogen-bond acceptors (Lipinski definition) is 2. The number of hydrogen-bond donors (Lipinski definition) is 2. The standard InChI is InChI=1S/C13H21F3N2O.ClH/c14-13(15,16)9-4-3-5-10(8-9)18-12(19)11-6-1-2-7-17-11;/h9-11,17H,1-8H2,(H,18,19);1H. The predicted molar refractivity (Wildman–Crippen MR) is 72.8 cm³/mol. The molecular weight excluding hydrogens is 293 g/mol. The molecule has 7 heteroatoms. The van der Waals surface area contributed by atoms with Crippen LogP contribution >= 0.6 is 12.4 Å². The van der Waals surface area contributed by atoms with E-state index in [4.69, 9.17) is 0 Å². The lowest BCUT2D eigenvalue weighted by Gasteiger charge is -2.32. The summed E-state index contributed by atoms with van der Waals surface area (Å²) < 4.78 is 38.0. The molecule has 1 aliphatic heterocycles. The van der Waals surface area contributed by atoms with Gasteiger partial charge in [0.15, 0.2) is 0 Å². The van der Waals surface area contributed by atoms with E-state index in [-0.39, 0.29) is 43.2 Å². The molecule has 1 aliphatic carbocycles. The van der Waals surface area contributed by atoms with E-state index < -0.39 is 12.1 Å². The summed E-state index contributed by atoms with van der Waals surface area (Å²) in [5.41, 5.74) is 0. The molecule has 0 spiro atoms. The van der Waals surface area contributed by atoms with E-state index in [0.29, 0.717) is 12.8 Å². The molecule has 1 saturated heterocycles. The highest BCUT2D eigenvalue weighted by atomic mass is 35.5. The third-order valence-electron chi connectivity index (χ3n) is 4.11. The zero-order valence-corrected chi connectivity index (χ0v) is 12.2. The van der Waals surface area contributed by atoms with Gasteiger partial charge < -0.3 is 10.6 Å². The van der Waals surface area contributed by atoms with Crippen LogP contribution in [0.3, 0.4) is 0 Å². The van der Waals surface area contributed by atoms with Crippen molar-refractivity contribution < 1.29 is 18.0 Å². The van der Waals surface area contributed by atoms with Gasteiger partial charge in [-0.25, -0.2) is 0 Å². The molecule has 1 amide bonds. The molecule has 2 N–H and O–H groups in total. The van der Waals surface area contributed by atoms with Gasteiger partial charge in [-0.2, -0.15) is 13.2 Å². The molecule has 0 aromatic carbocycles. The lowest BCUT2D eigenvalue weighted by Crippen LogP contribution is -2.51. The van der Waals surface area contributed by atoms with Crippen molar-refractivity contribution in [2.75, 3.05) is 6.54 Å². The van der Waals surface area contributed by atoms with Gasteiger partial charge >= 0.3 is 6.18 Å². The lowest BCUT2D eigenvalue weighted by molar-refractivity contribution is -0.184. The van der Waals surface area contributed by atoms with Crippen molar-refractivity contribution in [1.29, 1.82) is 0 Å². The Bertz CT molecular complexity index is 319. The van der Waals surface area contributed by atoms with Gasteiger partial charge in [0, 0.05) is 6.04 Å². The fourth-order valence-electron chi connectivity index (χ4n) is 3.00. The molecule has 2 fully saturated rings. The summed E-state index contributed by atoms with van der Waals surface area (Å²) >= 11 is 0. The summed E-state index contributed by atoms with van der Waals surface area (Å²) in [6, 6.07) is -0.545. The maximum atomic E-state index is 12.7. The van der Waals surface area contributed by atoms with Crippen LogP contribution in [0.4, 0.5) is 13.2 Å². The van der Waals surface area contributed by atoms with Gasteiger partial charge in [-0.05, 0) is 38.6 Å². The van der Waals surface area contributed by atoms with E-state index >= 15 is 0 Å². The summed E-state index contributed by atoms with van der Waals surface area (Å²) in [4.78, 5) is 12.0. The van der Waals surface area contributed by atoms with Crippen molar-refractivity contribution in [3.05, 3.63) is 0 Å². The summed E-state index contributed by atoms with van der Waals surface area (Å²) in [5, 5.41) is 5.90. The van der Waals surface area contributed by atoms with Crippen LogP contribution in [0.25, 0.3) is 0 Å². The van der Waals surface area contributed by atoms with Gasteiger partial charge in [-0.1, -0.05) is 12.8 Å². The molecule has 1 heterocycles. The third kappa shape index (κ3) is 4.81. The zero-order valence-electron chi connectivity index (χ0n) is 11.3. The van der Waals surface area contributed by atoms with Gasteiger partial charge in [0.25, 0.3) is 0 Å².